The molecule has 132 valence electrons. The minimum absolute atomic E-state index is 0.0621. The van der Waals surface area contributed by atoms with Gasteiger partial charge in [-0.25, -0.2) is 0 Å². The molecule has 8 N–H and O–H groups in total. The molecule has 0 aliphatic carbocycles. The summed E-state index contributed by atoms with van der Waals surface area (Å²) in [4.78, 5) is 44.7. The number of amides is 2. The molecule has 10 heteroatoms. The Bertz CT molecular complexity index is 429. The van der Waals surface area contributed by atoms with Crippen LogP contribution in [0.15, 0.2) is 0 Å². The van der Waals surface area contributed by atoms with Crippen molar-refractivity contribution in [3.63, 3.8) is 0 Å². The van der Waals surface area contributed by atoms with E-state index in [-0.39, 0.29) is 19.3 Å². The standard InChI is InChI=1S/C13H24N4O6/c14-6-2-1-3-9(13(23)16-7-11(20)21)17-12(22)8(15)4-5-10(18)19/h8-9H,1-7,14-15H2,(H,16,23)(H,17,22)(H,18,19)(H,20,21)/t8-,9-/m0/s1. The maximum Gasteiger partial charge on any atom is 0.322 e. The highest BCUT2D eigenvalue weighted by Crippen LogP contribution is 2.03. The van der Waals surface area contributed by atoms with Gasteiger partial charge in [-0.1, -0.05) is 0 Å². The molecule has 10 nitrogen and oxygen atoms in total. The lowest BCUT2D eigenvalue weighted by Crippen LogP contribution is -2.52. The fourth-order valence-electron chi connectivity index (χ4n) is 1.74. The second kappa shape index (κ2) is 11.4. The maximum absolute atomic E-state index is 11.9. The summed E-state index contributed by atoms with van der Waals surface area (Å²) in [5.41, 5.74) is 10.9. The molecule has 0 unspecified atom stereocenters. The van der Waals surface area contributed by atoms with Gasteiger partial charge in [-0.05, 0) is 32.2 Å². The van der Waals surface area contributed by atoms with E-state index in [0.29, 0.717) is 19.4 Å². The number of aliphatic carboxylic acids is 2. The van der Waals surface area contributed by atoms with Crippen LogP contribution in [0.2, 0.25) is 0 Å². The summed E-state index contributed by atoms with van der Waals surface area (Å²) < 4.78 is 0. The number of carboxylic acid groups (broad SMARTS) is 2. The molecule has 0 saturated heterocycles. The summed E-state index contributed by atoms with van der Waals surface area (Å²) in [6, 6.07) is -2.00. The Kier molecular flexibility index (Phi) is 10.3. The highest BCUT2D eigenvalue weighted by atomic mass is 16.4. The highest BCUT2D eigenvalue weighted by molar-refractivity contribution is 5.91. The molecular weight excluding hydrogens is 308 g/mol. The first kappa shape index (κ1) is 20.8. The van der Waals surface area contributed by atoms with Gasteiger partial charge < -0.3 is 32.3 Å². The van der Waals surface area contributed by atoms with E-state index in [4.69, 9.17) is 21.7 Å². The van der Waals surface area contributed by atoms with Crippen LogP contribution in [0, 0.1) is 0 Å². The van der Waals surface area contributed by atoms with Crippen molar-refractivity contribution in [3.8, 4) is 0 Å². The summed E-state index contributed by atoms with van der Waals surface area (Å²) in [5, 5.41) is 21.7. The van der Waals surface area contributed by atoms with Gasteiger partial charge in [0.1, 0.15) is 12.6 Å². The Labute approximate surface area is 133 Å². The predicted molar refractivity (Wildman–Crippen MR) is 80.3 cm³/mol. The minimum atomic E-state index is -1.21. The summed E-state index contributed by atoms with van der Waals surface area (Å²) >= 11 is 0. The van der Waals surface area contributed by atoms with E-state index in [1.807, 2.05) is 0 Å². The Hall–Kier alpha value is -2.20. The van der Waals surface area contributed by atoms with Crippen molar-refractivity contribution in [3.05, 3.63) is 0 Å². The average molecular weight is 332 g/mol. The Morgan fingerprint density at radius 2 is 1.61 bits per heavy atom. The predicted octanol–water partition coefficient (Wildman–Crippen LogP) is -2.01. The number of rotatable bonds is 12. The molecule has 23 heavy (non-hydrogen) atoms. The van der Waals surface area contributed by atoms with Crippen molar-refractivity contribution < 1.29 is 29.4 Å². The van der Waals surface area contributed by atoms with E-state index >= 15 is 0 Å². The monoisotopic (exact) mass is 332 g/mol. The molecule has 0 saturated carbocycles. The molecule has 2 amide bonds. The Balaban J connectivity index is 4.58. The lowest BCUT2D eigenvalue weighted by Gasteiger charge is -2.20. The number of carbonyl (C=O) groups excluding carboxylic acids is 2. The van der Waals surface area contributed by atoms with Crippen LogP contribution >= 0.6 is 0 Å². The van der Waals surface area contributed by atoms with E-state index in [0.717, 1.165) is 0 Å². The Morgan fingerprint density at radius 3 is 2.13 bits per heavy atom. The van der Waals surface area contributed by atoms with Crippen LogP contribution in [-0.4, -0.2) is 59.1 Å². The SMILES string of the molecule is NCCCC[C@H](NC(=O)[C@@H](N)CCC(=O)O)C(=O)NCC(=O)O. The molecule has 2 atom stereocenters. The van der Waals surface area contributed by atoms with Gasteiger partial charge >= 0.3 is 11.9 Å². The summed E-state index contributed by atoms with van der Waals surface area (Å²) in [6.07, 6.45) is 1.15. The average Bonchev–Trinajstić information content (AvgIpc) is 2.49. The van der Waals surface area contributed by atoms with Gasteiger partial charge in [-0.15, -0.1) is 0 Å². The first-order chi connectivity index (χ1) is 10.8. The van der Waals surface area contributed by atoms with E-state index < -0.39 is 42.4 Å². The lowest BCUT2D eigenvalue weighted by molar-refractivity contribution is -0.138. The van der Waals surface area contributed by atoms with Crippen LogP contribution < -0.4 is 22.1 Å². The maximum atomic E-state index is 11.9. The second-order valence-electron chi connectivity index (χ2n) is 5.00. The molecule has 0 rings (SSSR count). The van der Waals surface area contributed by atoms with Crippen molar-refractivity contribution in [1.29, 1.82) is 0 Å². The van der Waals surface area contributed by atoms with E-state index in [9.17, 15) is 19.2 Å². The van der Waals surface area contributed by atoms with Crippen molar-refractivity contribution in [1.82, 2.24) is 10.6 Å². The number of nitrogens with two attached hydrogens (primary N) is 2. The number of carboxylic acids is 2. The van der Waals surface area contributed by atoms with Crippen LogP contribution in [0.1, 0.15) is 32.1 Å². The molecule has 0 aliphatic heterocycles. The fraction of sp³-hybridized carbons (Fsp3) is 0.692. The summed E-state index contributed by atoms with van der Waals surface area (Å²) in [7, 11) is 0. The summed E-state index contributed by atoms with van der Waals surface area (Å²) in [6.45, 7) is -0.136. The quantitative estimate of drug-likeness (QED) is 0.221. The number of hydrogen-bond donors (Lipinski definition) is 6. The summed E-state index contributed by atoms with van der Waals surface area (Å²) in [5.74, 6) is -3.58. The number of hydrogen-bond acceptors (Lipinski definition) is 6. The third-order valence-electron chi connectivity index (χ3n) is 3.00. The van der Waals surface area contributed by atoms with Crippen LogP contribution in [0.5, 0.6) is 0 Å². The lowest BCUT2D eigenvalue weighted by atomic mass is 10.1. The molecule has 0 aromatic heterocycles. The van der Waals surface area contributed by atoms with Crippen LogP contribution in [0.4, 0.5) is 0 Å². The molecule has 0 bridgehead atoms. The van der Waals surface area contributed by atoms with Crippen molar-refractivity contribution >= 4 is 23.8 Å². The van der Waals surface area contributed by atoms with Crippen molar-refractivity contribution in [2.24, 2.45) is 11.5 Å². The zero-order valence-electron chi connectivity index (χ0n) is 12.8. The second-order valence-corrected chi connectivity index (χ2v) is 5.00. The molecule has 0 aromatic rings. The van der Waals surface area contributed by atoms with Gasteiger partial charge in [0, 0.05) is 6.42 Å². The number of nitrogens with one attached hydrogen (secondary N) is 2. The number of unbranched alkanes of at least 4 members (excludes halogenated alkanes) is 1. The molecule has 0 radical (unpaired) electrons. The van der Waals surface area contributed by atoms with Crippen LogP contribution in [0.25, 0.3) is 0 Å². The zero-order chi connectivity index (χ0) is 17.8. The van der Waals surface area contributed by atoms with Gasteiger partial charge in [-0.2, -0.15) is 0 Å². The third kappa shape index (κ3) is 10.2. The third-order valence-corrected chi connectivity index (χ3v) is 3.00. The minimum Gasteiger partial charge on any atom is -0.481 e. The van der Waals surface area contributed by atoms with Gasteiger partial charge in [0.05, 0.1) is 6.04 Å². The molecule has 0 aliphatic rings. The number of carbonyl (C=O) groups is 4. The largest absolute Gasteiger partial charge is 0.481 e. The van der Waals surface area contributed by atoms with E-state index in [2.05, 4.69) is 10.6 Å². The topological polar surface area (TPSA) is 185 Å². The van der Waals surface area contributed by atoms with E-state index in [1.165, 1.54) is 0 Å². The molecule has 0 spiro atoms. The van der Waals surface area contributed by atoms with Gasteiger partial charge in [0.2, 0.25) is 11.8 Å². The molecule has 0 heterocycles. The van der Waals surface area contributed by atoms with Gasteiger partial charge in [-0.3, -0.25) is 19.2 Å². The first-order valence-electron chi connectivity index (χ1n) is 7.25. The molecular formula is C13H24N4O6. The zero-order valence-corrected chi connectivity index (χ0v) is 12.8. The normalized spacial score (nSPS) is 13.0. The fourth-order valence-corrected chi connectivity index (χ4v) is 1.74. The van der Waals surface area contributed by atoms with Crippen LogP contribution in [0.3, 0.4) is 0 Å². The van der Waals surface area contributed by atoms with E-state index in [1.54, 1.807) is 0 Å². The van der Waals surface area contributed by atoms with Gasteiger partial charge in [0.15, 0.2) is 0 Å². The smallest absolute Gasteiger partial charge is 0.322 e. The van der Waals surface area contributed by atoms with Crippen molar-refractivity contribution in [2.75, 3.05) is 13.1 Å². The first-order valence-corrected chi connectivity index (χ1v) is 7.25. The van der Waals surface area contributed by atoms with Gasteiger partial charge in [0.25, 0.3) is 0 Å². The molecule has 0 aromatic carbocycles. The van der Waals surface area contributed by atoms with Crippen molar-refractivity contribution in [2.45, 2.75) is 44.2 Å². The Morgan fingerprint density at radius 1 is 0.957 bits per heavy atom. The molecule has 0 fully saturated rings. The highest BCUT2D eigenvalue weighted by Gasteiger charge is 2.24. The van der Waals surface area contributed by atoms with Crippen LogP contribution in [-0.2, 0) is 19.2 Å².